The van der Waals surface area contributed by atoms with Crippen LogP contribution in [0.25, 0.3) is 0 Å². The first-order valence-electron chi connectivity index (χ1n) is 6.96. The zero-order chi connectivity index (χ0) is 15.5. The Morgan fingerprint density at radius 3 is 2.38 bits per heavy atom. The molecular formula is C18H21BrO2. The van der Waals surface area contributed by atoms with Gasteiger partial charge < -0.3 is 9.47 Å². The zero-order valence-electron chi connectivity index (χ0n) is 12.9. The van der Waals surface area contributed by atoms with E-state index in [9.17, 15) is 0 Å². The largest absolute Gasteiger partial charge is 0.497 e. The lowest BCUT2D eigenvalue weighted by molar-refractivity contribution is 0.296. The third-order valence-corrected chi connectivity index (χ3v) is 4.11. The van der Waals surface area contributed by atoms with Crippen LogP contribution in [0.3, 0.4) is 0 Å². The molecule has 0 unspecified atom stereocenters. The molecule has 0 bridgehead atoms. The van der Waals surface area contributed by atoms with Gasteiger partial charge in [-0.25, -0.2) is 0 Å². The van der Waals surface area contributed by atoms with Crippen molar-refractivity contribution >= 4 is 15.9 Å². The molecule has 0 fully saturated rings. The van der Waals surface area contributed by atoms with E-state index < -0.39 is 0 Å². The molecule has 0 N–H and O–H groups in total. The van der Waals surface area contributed by atoms with Crippen molar-refractivity contribution in [3.8, 4) is 11.5 Å². The summed E-state index contributed by atoms with van der Waals surface area (Å²) >= 11 is 3.55. The van der Waals surface area contributed by atoms with E-state index in [0.717, 1.165) is 27.1 Å². The van der Waals surface area contributed by atoms with Crippen LogP contribution in [0, 0.1) is 0 Å². The minimum Gasteiger partial charge on any atom is -0.497 e. The van der Waals surface area contributed by atoms with Gasteiger partial charge in [0.1, 0.15) is 18.1 Å². The SMILES string of the molecule is COc1ccc(OCc2ccccc2Br)c(C(C)(C)C)c1. The first-order valence-corrected chi connectivity index (χ1v) is 7.76. The van der Waals surface area contributed by atoms with Crippen molar-refractivity contribution < 1.29 is 9.47 Å². The van der Waals surface area contributed by atoms with Gasteiger partial charge in [0.2, 0.25) is 0 Å². The fraction of sp³-hybridized carbons (Fsp3) is 0.333. The van der Waals surface area contributed by atoms with Gasteiger partial charge in [-0.15, -0.1) is 0 Å². The van der Waals surface area contributed by atoms with Crippen LogP contribution in [0.5, 0.6) is 11.5 Å². The van der Waals surface area contributed by atoms with Gasteiger partial charge in [-0.2, -0.15) is 0 Å². The minimum absolute atomic E-state index is 0.00219. The highest BCUT2D eigenvalue weighted by molar-refractivity contribution is 9.10. The molecule has 0 radical (unpaired) electrons. The number of halogens is 1. The normalized spacial score (nSPS) is 11.3. The molecule has 0 saturated carbocycles. The standard InChI is InChI=1S/C18H21BrO2/c1-18(2,3)15-11-14(20-4)9-10-17(15)21-12-13-7-5-6-8-16(13)19/h5-11H,12H2,1-4H3. The Kier molecular flexibility index (Phi) is 4.94. The summed E-state index contributed by atoms with van der Waals surface area (Å²) in [5.41, 5.74) is 2.28. The van der Waals surface area contributed by atoms with Crippen molar-refractivity contribution in [2.75, 3.05) is 7.11 Å². The van der Waals surface area contributed by atoms with Crippen molar-refractivity contribution in [3.63, 3.8) is 0 Å². The first kappa shape index (κ1) is 15.9. The van der Waals surface area contributed by atoms with E-state index in [1.165, 1.54) is 0 Å². The minimum atomic E-state index is -0.00219. The predicted molar refractivity (Wildman–Crippen MR) is 90.2 cm³/mol. The molecule has 2 rings (SSSR count). The van der Waals surface area contributed by atoms with Crippen molar-refractivity contribution in [1.29, 1.82) is 0 Å². The zero-order valence-corrected chi connectivity index (χ0v) is 14.5. The Bertz CT molecular complexity index is 615. The molecule has 2 aromatic rings. The summed E-state index contributed by atoms with van der Waals surface area (Å²) in [7, 11) is 1.68. The topological polar surface area (TPSA) is 18.5 Å². The van der Waals surface area contributed by atoms with Crippen molar-refractivity contribution in [2.24, 2.45) is 0 Å². The smallest absolute Gasteiger partial charge is 0.123 e. The predicted octanol–water partition coefficient (Wildman–Crippen LogP) is 5.33. The maximum Gasteiger partial charge on any atom is 0.123 e. The van der Waals surface area contributed by atoms with Crippen LogP contribution >= 0.6 is 15.9 Å². The van der Waals surface area contributed by atoms with Gasteiger partial charge in [-0.1, -0.05) is 54.9 Å². The molecular weight excluding hydrogens is 328 g/mol. The summed E-state index contributed by atoms with van der Waals surface area (Å²) in [6.45, 7) is 7.06. The van der Waals surface area contributed by atoms with Gasteiger partial charge >= 0.3 is 0 Å². The molecule has 0 aliphatic carbocycles. The molecule has 112 valence electrons. The Labute approximate surface area is 135 Å². The molecule has 0 atom stereocenters. The monoisotopic (exact) mass is 348 g/mol. The molecule has 2 nitrogen and oxygen atoms in total. The van der Waals surface area contributed by atoms with E-state index in [0.29, 0.717) is 6.61 Å². The third-order valence-electron chi connectivity index (χ3n) is 3.34. The Hall–Kier alpha value is -1.48. The van der Waals surface area contributed by atoms with Crippen molar-refractivity contribution in [1.82, 2.24) is 0 Å². The maximum absolute atomic E-state index is 6.04. The van der Waals surface area contributed by atoms with Gasteiger partial charge in [-0.05, 0) is 29.7 Å². The molecule has 0 aliphatic rings. The lowest BCUT2D eigenvalue weighted by atomic mass is 9.86. The number of benzene rings is 2. The van der Waals surface area contributed by atoms with E-state index in [-0.39, 0.29) is 5.41 Å². The highest BCUT2D eigenvalue weighted by Gasteiger charge is 2.20. The van der Waals surface area contributed by atoms with E-state index >= 15 is 0 Å². The fourth-order valence-electron chi connectivity index (χ4n) is 2.12. The third kappa shape index (κ3) is 4.01. The highest BCUT2D eigenvalue weighted by atomic mass is 79.9. The van der Waals surface area contributed by atoms with Gasteiger partial charge in [0.25, 0.3) is 0 Å². The van der Waals surface area contributed by atoms with E-state index in [4.69, 9.17) is 9.47 Å². The summed E-state index contributed by atoms with van der Waals surface area (Å²) in [6, 6.07) is 14.1. The Balaban J connectivity index is 2.26. The summed E-state index contributed by atoms with van der Waals surface area (Å²) < 4.78 is 12.4. The van der Waals surface area contributed by atoms with Crippen molar-refractivity contribution in [3.05, 3.63) is 58.1 Å². The lowest BCUT2D eigenvalue weighted by Gasteiger charge is -2.23. The molecule has 21 heavy (non-hydrogen) atoms. The van der Waals surface area contributed by atoms with E-state index in [1.54, 1.807) is 7.11 Å². The van der Waals surface area contributed by atoms with Crippen molar-refractivity contribution in [2.45, 2.75) is 32.8 Å². The van der Waals surface area contributed by atoms with Crippen LogP contribution < -0.4 is 9.47 Å². The molecule has 0 aliphatic heterocycles. The summed E-state index contributed by atoms with van der Waals surface area (Å²) in [4.78, 5) is 0. The molecule has 0 aromatic heterocycles. The Morgan fingerprint density at radius 1 is 1.05 bits per heavy atom. The van der Waals surface area contributed by atoms with Crippen LogP contribution in [0.2, 0.25) is 0 Å². The fourth-order valence-corrected chi connectivity index (χ4v) is 2.52. The number of hydrogen-bond acceptors (Lipinski definition) is 2. The van der Waals surface area contributed by atoms with Crippen LogP contribution in [-0.2, 0) is 12.0 Å². The van der Waals surface area contributed by atoms with Gasteiger partial charge in [0.05, 0.1) is 7.11 Å². The summed E-state index contributed by atoms with van der Waals surface area (Å²) in [6.07, 6.45) is 0. The first-order chi connectivity index (χ1) is 9.91. The van der Waals surface area contributed by atoms with Gasteiger partial charge in [0.15, 0.2) is 0 Å². The van der Waals surface area contributed by atoms with E-state index in [1.807, 2.05) is 30.3 Å². The molecule has 0 heterocycles. The van der Waals surface area contributed by atoms with Crippen LogP contribution in [0.1, 0.15) is 31.9 Å². The molecule has 0 saturated heterocycles. The molecule has 0 amide bonds. The van der Waals surface area contributed by atoms with Gasteiger partial charge in [0, 0.05) is 15.6 Å². The highest BCUT2D eigenvalue weighted by Crippen LogP contribution is 2.35. The Morgan fingerprint density at radius 2 is 1.76 bits per heavy atom. The molecule has 2 aromatic carbocycles. The number of hydrogen-bond donors (Lipinski definition) is 0. The number of ether oxygens (including phenoxy) is 2. The number of rotatable bonds is 4. The second-order valence-electron chi connectivity index (χ2n) is 5.99. The number of methoxy groups -OCH3 is 1. The summed E-state index contributed by atoms with van der Waals surface area (Å²) in [5.74, 6) is 1.76. The molecule has 0 spiro atoms. The van der Waals surface area contributed by atoms with Crippen LogP contribution in [-0.4, -0.2) is 7.11 Å². The quantitative estimate of drug-likeness (QED) is 0.742. The maximum atomic E-state index is 6.04. The second-order valence-corrected chi connectivity index (χ2v) is 6.85. The average Bonchev–Trinajstić information content (AvgIpc) is 2.45. The van der Waals surface area contributed by atoms with Gasteiger partial charge in [-0.3, -0.25) is 0 Å². The average molecular weight is 349 g/mol. The summed E-state index contributed by atoms with van der Waals surface area (Å²) in [5, 5.41) is 0. The van der Waals surface area contributed by atoms with Crippen LogP contribution in [0.4, 0.5) is 0 Å². The lowest BCUT2D eigenvalue weighted by Crippen LogP contribution is -2.13. The van der Waals surface area contributed by atoms with E-state index in [2.05, 4.69) is 48.8 Å². The van der Waals surface area contributed by atoms with Crippen LogP contribution in [0.15, 0.2) is 46.9 Å². The molecule has 3 heteroatoms. The second kappa shape index (κ2) is 6.52.